The van der Waals surface area contributed by atoms with Crippen molar-refractivity contribution in [1.29, 1.82) is 0 Å². The van der Waals surface area contributed by atoms with Gasteiger partial charge in [-0.25, -0.2) is 15.0 Å². The number of anilines is 1. The van der Waals surface area contributed by atoms with Gasteiger partial charge in [0, 0.05) is 39.1 Å². The van der Waals surface area contributed by atoms with E-state index in [4.69, 9.17) is 4.98 Å². The van der Waals surface area contributed by atoms with Crippen LogP contribution in [0.3, 0.4) is 0 Å². The molecule has 35 heavy (non-hydrogen) atoms. The van der Waals surface area contributed by atoms with Gasteiger partial charge in [-0.1, -0.05) is 36.8 Å². The molecule has 0 aliphatic carbocycles. The lowest BCUT2D eigenvalue weighted by Gasteiger charge is -2.38. The maximum Gasteiger partial charge on any atom is 0.227 e. The number of likely N-dealkylation sites (tertiary alicyclic amines) is 1. The second-order valence-electron chi connectivity index (χ2n) is 10.6. The molecule has 0 bridgehead atoms. The standard InChI is InChI=1S/C28H36N6O/c35-28(32-16-12-22(13-17-32)18-21-8-3-1-4-9-21)23-10-7-14-33(19-23)26-25-27(30-20-29-26)34-15-6-2-5-11-24(34)31-25/h1,3-4,8-9,20,22-23H,2,5-7,10-19H2. The van der Waals surface area contributed by atoms with E-state index in [1.807, 2.05) is 0 Å². The Balaban J connectivity index is 1.12. The first-order valence-corrected chi connectivity index (χ1v) is 13.5. The van der Waals surface area contributed by atoms with Crippen molar-refractivity contribution in [2.75, 3.05) is 31.1 Å². The maximum absolute atomic E-state index is 13.5. The molecular formula is C28H36N6O. The Morgan fingerprint density at radius 1 is 0.914 bits per heavy atom. The third-order valence-corrected chi connectivity index (χ3v) is 8.24. The number of carbonyl (C=O) groups excluding carboxylic acids is 1. The van der Waals surface area contributed by atoms with Crippen molar-refractivity contribution in [2.24, 2.45) is 11.8 Å². The highest BCUT2D eigenvalue weighted by atomic mass is 16.2. The van der Waals surface area contributed by atoms with Crippen LogP contribution in [-0.2, 0) is 24.2 Å². The molecule has 2 saturated heterocycles. The van der Waals surface area contributed by atoms with Gasteiger partial charge in [-0.2, -0.15) is 0 Å². The van der Waals surface area contributed by atoms with E-state index in [1.54, 1.807) is 6.33 Å². The number of piperidine rings is 2. The zero-order chi connectivity index (χ0) is 23.6. The zero-order valence-corrected chi connectivity index (χ0v) is 20.6. The summed E-state index contributed by atoms with van der Waals surface area (Å²) in [5.41, 5.74) is 3.29. The fourth-order valence-electron chi connectivity index (χ4n) is 6.29. The minimum Gasteiger partial charge on any atom is -0.354 e. The van der Waals surface area contributed by atoms with Crippen molar-refractivity contribution in [2.45, 2.75) is 64.3 Å². The Kier molecular flexibility index (Phi) is 6.40. The van der Waals surface area contributed by atoms with Crippen LogP contribution in [0.25, 0.3) is 11.2 Å². The molecule has 5 heterocycles. The Morgan fingerprint density at radius 2 is 1.77 bits per heavy atom. The summed E-state index contributed by atoms with van der Waals surface area (Å²) in [5, 5.41) is 0. The predicted octanol–water partition coefficient (Wildman–Crippen LogP) is 4.25. The number of imidazole rings is 1. The van der Waals surface area contributed by atoms with Crippen molar-refractivity contribution in [1.82, 2.24) is 24.4 Å². The molecule has 184 valence electrons. The van der Waals surface area contributed by atoms with Gasteiger partial charge in [0.15, 0.2) is 17.0 Å². The highest BCUT2D eigenvalue weighted by Crippen LogP contribution is 2.31. The Hall–Kier alpha value is -2.96. The van der Waals surface area contributed by atoms with E-state index in [2.05, 4.69) is 54.7 Å². The fourth-order valence-corrected chi connectivity index (χ4v) is 6.29. The molecular weight excluding hydrogens is 436 g/mol. The number of hydrogen-bond acceptors (Lipinski definition) is 5. The summed E-state index contributed by atoms with van der Waals surface area (Å²) < 4.78 is 2.29. The highest BCUT2D eigenvalue weighted by molar-refractivity contribution is 5.85. The molecule has 3 aliphatic heterocycles. The van der Waals surface area contributed by atoms with E-state index in [0.717, 1.165) is 94.1 Å². The average molecular weight is 473 g/mol. The fraction of sp³-hybridized carbons (Fsp3) is 0.571. The summed E-state index contributed by atoms with van der Waals surface area (Å²) >= 11 is 0. The smallest absolute Gasteiger partial charge is 0.227 e. The van der Waals surface area contributed by atoms with Crippen LogP contribution in [0.5, 0.6) is 0 Å². The number of aryl methyl sites for hydroxylation is 2. The monoisotopic (exact) mass is 472 g/mol. The van der Waals surface area contributed by atoms with Gasteiger partial charge in [0.2, 0.25) is 5.91 Å². The summed E-state index contributed by atoms with van der Waals surface area (Å²) in [6.45, 7) is 4.43. The maximum atomic E-state index is 13.5. The van der Waals surface area contributed by atoms with Crippen LogP contribution in [-0.4, -0.2) is 56.5 Å². The number of carbonyl (C=O) groups is 1. The van der Waals surface area contributed by atoms with Crippen LogP contribution in [0, 0.1) is 11.8 Å². The van der Waals surface area contributed by atoms with Gasteiger partial charge in [-0.15, -0.1) is 0 Å². The number of fused-ring (bicyclic) bond motifs is 3. The molecule has 1 unspecified atom stereocenters. The number of aromatic nitrogens is 4. The number of hydrogen-bond donors (Lipinski definition) is 0. The van der Waals surface area contributed by atoms with Crippen molar-refractivity contribution in [3.05, 3.63) is 48.0 Å². The molecule has 0 saturated carbocycles. The van der Waals surface area contributed by atoms with Crippen LogP contribution < -0.4 is 4.90 Å². The van der Waals surface area contributed by atoms with Crippen molar-refractivity contribution in [3.63, 3.8) is 0 Å². The van der Waals surface area contributed by atoms with E-state index >= 15 is 0 Å². The van der Waals surface area contributed by atoms with E-state index in [1.165, 1.54) is 24.8 Å². The Labute approximate surface area is 207 Å². The number of benzene rings is 1. The van der Waals surface area contributed by atoms with Crippen LogP contribution in [0.4, 0.5) is 5.82 Å². The van der Waals surface area contributed by atoms with Gasteiger partial charge in [0.05, 0.1) is 5.92 Å². The lowest BCUT2D eigenvalue weighted by Crippen LogP contribution is -2.47. The zero-order valence-electron chi connectivity index (χ0n) is 20.6. The minimum absolute atomic E-state index is 0.0416. The number of amides is 1. The molecule has 3 aliphatic rings. The molecule has 0 N–H and O–H groups in total. The molecule has 3 aromatic rings. The SMILES string of the molecule is O=C(C1CCCN(c2ncnc3c2nc2n3CCCCC2)C1)N1CCC(Cc2ccccc2)CC1. The summed E-state index contributed by atoms with van der Waals surface area (Å²) in [5.74, 6) is 3.10. The molecule has 1 aromatic carbocycles. The summed E-state index contributed by atoms with van der Waals surface area (Å²) in [7, 11) is 0. The quantitative estimate of drug-likeness (QED) is 0.568. The molecule has 0 radical (unpaired) electrons. The second kappa shape index (κ2) is 9.96. The van der Waals surface area contributed by atoms with E-state index in [0.29, 0.717) is 11.8 Å². The molecule has 1 atom stereocenters. The van der Waals surface area contributed by atoms with E-state index < -0.39 is 0 Å². The Bertz CT molecular complexity index is 1170. The van der Waals surface area contributed by atoms with Crippen LogP contribution in [0.2, 0.25) is 0 Å². The lowest BCUT2D eigenvalue weighted by atomic mass is 9.89. The minimum atomic E-state index is 0.0416. The van der Waals surface area contributed by atoms with Gasteiger partial charge in [-0.05, 0) is 56.4 Å². The molecule has 2 fully saturated rings. The second-order valence-corrected chi connectivity index (χ2v) is 10.6. The summed E-state index contributed by atoms with van der Waals surface area (Å²) in [6.07, 6.45) is 11.6. The summed E-state index contributed by atoms with van der Waals surface area (Å²) in [6, 6.07) is 10.8. The average Bonchev–Trinajstić information content (AvgIpc) is 3.10. The van der Waals surface area contributed by atoms with E-state index in [9.17, 15) is 4.79 Å². The lowest BCUT2D eigenvalue weighted by molar-refractivity contribution is -0.137. The molecule has 7 nitrogen and oxygen atoms in total. The van der Waals surface area contributed by atoms with Crippen LogP contribution >= 0.6 is 0 Å². The molecule has 6 rings (SSSR count). The molecule has 2 aromatic heterocycles. The summed E-state index contributed by atoms with van der Waals surface area (Å²) in [4.78, 5) is 32.2. The normalized spacial score (nSPS) is 21.7. The topological polar surface area (TPSA) is 67.2 Å². The van der Waals surface area contributed by atoms with Crippen molar-refractivity contribution >= 4 is 22.9 Å². The van der Waals surface area contributed by atoms with E-state index in [-0.39, 0.29) is 5.92 Å². The first kappa shape index (κ1) is 22.5. The number of nitrogens with zero attached hydrogens (tertiary/aromatic N) is 6. The first-order chi connectivity index (χ1) is 17.3. The van der Waals surface area contributed by atoms with Gasteiger partial charge in [-0.3, -0.25) is 4.79 Å². The van der Waals surface area contributed by atoms with Gasteiger partial charge < -0.3 is 14.4 Å². The van der Waals surface area contributed by atoms with Crippen molar-refractivity contribution in [3.8, 4) is 0 Å². The number of rotatable bonds is 4. The van der Waals surface area contributed by atoms with Gasteiger partial charge in [0.1, 0.15) is 12.2 Å². The molecule has 1 amide bonds. The highest BCUT2D eigenvalue weighted by Gasteiger charge is 2.33. The van der Waals surface area contributed by atoms with Crippen LogP contribution in [0.15, 0.2) is 36.7 Å². The van der Waals surface area contributed by atoms with Gasteiger partial charge >= 0.3 is 0 Å². The van der Waals surface area contributed by atoms with Crippen LogP contribution in [0.1, 0.15) is 56.3 Å². The first-order valence-electron chi connectivity index (χ1n) is 13.5. The molecule has 7 heteroatoms. The third kappa shape index (κ3) is 4.65. The third-order valence-electron chi connectivity index (χ3n) is 8.24. The predicted molar refractivity (Wildman–Crippen MR) is 137 cm³/mol. The molecule has 0 spiro atoms. The largest absolute Gasteiger partial charge is 0.354 e. The van der Waals surface area contributed by atoms with Gasteiger partial charge in [0.25, 0.3) is 0 Å². The Morgan fingerprint density at radius 3 is 2.63 bits per heavy atom. The van der Waals surface area contributed by atoms with Crippen molar-refractivity contribution < 1.29 is 4.79 Å².